The Balaban J connectivity index is 1.53. The van der Waals surface area contributed by atoms with Crippen molar-refractivity contribution in [2.24, 2.45) is 5.10 Å². The van der Waals surface area contributed by atoms with Crippen molar-refractivity contribution in [2.45, 2.75) is 84.0 Å². The maximum Gasteiger partial charge on any atom is 0.343 e. The van der Waals surface area contributed by atoms with Crippen LogP contribution < -0.4 is 10.2 Å². The zero-order chi connectivity index (χ0) is 23.6. The number of hydrogen-bond donors (Lipinski definition) is 1. The molecule has 2 aromatic carbocycles. The molecule has 2 aromatic rings. The SMILES string of the molecule is CCCCCCCCCCCCCC(=O)N/N=C/c1ccc(OC(=O)c2ccccc2)cc1. The lowest BCUT2D eigenvalue weighted by Crippen LogP contribution is -2.16. The smallest absolute Gasteiger partial charge is 0.343 e. The highest BCUT2D eigenvalue weighted by Crippen LogP contribution is 2.14. The average Bonchev–Trinajstić information content (AvgIpc) is 2.84. The third kappa shape index (κ3) is 12.0. The molecule has 0 heterocycles. The Morgan fingerprint density at radius 2 is 1.36 bits per heavy atom. The number of esters is 1. The van der Waals surface area contributed by atoms with Crippen molar-refractivity contribution < 1.29 is 14.3 Å². The molecule has 0 bridgehead atoms. The van der Waals surface area contributed by atoms with Gasteiger partial charge in [-0.3, -0.25) is 4.79 Å². The first-order valence-electron chi connectivity index (χ1n) is 12.4. The fourth-order valence-corrected chi connectivity index (χ4v) is 3.55. The van der Waals surface area contributed by atoms with Crippen molar-refractivity contribution in [3.05, 3.63) is 65.7 Å². The van der Waals surface area contributed by atoms with E-state index in [0.717, 1.165) is 18.4 Å². The van der Waals surface area contributed by atoms with Gasteiger partial charge in [-0.15, -0.1) is 0 Å². The van der Waals surface area contributed by atoms with Crippen molar-refractivity contribution in [2.75, 3.05) is 0 Å². The summed E-state index contributed by atoms with van der Waals surface area (Å²) in [7, 11) is 0. The predicted molar refractivity (Wildman–Crippen MR) is 135 cm³/mol. The molecule has 1 N–H and O–H groups in total. The maximum absolute atomic E-state index is 12.1. The quantitative estimate of drug-likeness (QED) is 0.0979. The van der Waals surface area contributed by atoms with Crippen LogP contribution in [-0.2, 0) is 4.79 Å². The molecule has 0 aromatic heterocycles. The van der Waals surface area contributed by atoms with Crippen LogP contribution in [-0.4, -0.2) is 18.1 Å². The molecule has 0 spiro atoms. The molecule has 0 fully saturated rings. The summed E-state index contributed by atoms with van der Waals surface area (Å²) < 4.78 is 5.35. The number of benzene rings is 2. The first-order valence-corrected chi connectivity index (χ1v) is 12.4. The standard InChI is InChI=1S/C28H38N2O3/c1-2-3-4-5-6-7-8-9-10-11-15-18-27(31)30-29-23-24-19-21-26(22-20-24)33-28(32)25-16-13-12-14-17-25/h12-14,16-17,19-23H,2-11,15,18H2,1H3,(H,30,31)/b29-23+. The van der Waals surface area contributed by atoms with Crippen LogP contribution >= 0.6 is 0 Å². The third-order valence-electron chi connectivity index (χ3n) is 5.51. The number of carbonyl (C=O) groups is 2. The van der Waals surface area contributed by atoms with Gasteiger partial charge in [0.1, 0.15) is 5.75 Å². The minimum atomic E-state index is -0.397. The molecule has 178 valence electrons. The topological polar surface area (TPSA) is 67.8 Å². The second kappa shape index (κ2) is 16.7. The predicted octanol–water partition coefficient (Wildman–Crippen LogP) is 7.06. The Morgan fingerprint density at radius 1 is 0.788 bits per heavy atom. The molecule has 0 unspecified atom stereocenters. The number of amides is 1. The highest BCUT2D eigenvalue weighted by Gasteiger charge is 2.07. The Bertz CT molecular complexity index is 832. The van der Waals surface area contributed by atoms with Crippen LogP contribution in [0.1, 0.15) is 99.9 Å². The maximum atomic E-state index is 12.1. The second-order valence-corrected chi connectivity index (χ2v) is 8.40. The lowest BCUT2D eigenvalue weighted by atomic mass is 10.1. The number of unbranched alkanes of at least 4 members (excludes halogenated alkanes) is 10. The molecule has 2 rings (SSSR count). The zero-order valence-corrected chi connectivity index (χ0v) is 19.9. The summed E-state index contributed by atoms with van der Waals surface area (Å²) in [5.41, 5.74) is 3.89. The molecule has 0 aliphatic rings. The first kappa shape index (κ1) is 26.3. The van der Waals surface area contributed by atoms with Crippen LogP contribution in [0.3, 0.4) is 0 Å². The van der Waals surface area contributed by atoms with Gasteiger partial charge < -0.3 is 4.74 Å². The summed E-state index contributed by atoms with van der Waals surface area (Å²) in [4.78, 5) is 24.0. The number of ether oxygens (including phenoxy) is 1. The van der Waals surface area contributed by atoms with Crippen molar-refractivity contribution in [1.82, 2.24) is 5.43 Å². The third-order valence-corrected chi connectivity index (χ3v) is 5.51. The molecule has 0 aliphatic carbocycles. The summed E-state index contributed by atoms with van der Waals surface area (Å²) in [5.74, 6) is 0.00352. The lowest BCUT2D eigenvalue weighted by Gasteiger charge is -2.04. The van der Waals surface area contributed by atoms with Crippen LogP contribution in [0.5, 0.6) is 5.75 Å². The van der Waals surface area contributed by atoms with Gasteiger partial charge in [0, 0.05) is 6.42 Å². The highest BCUT2D eigenvalue weighted by atomic mass is 16.5. The van der Waals surface area contributed by atoms with Crippen molar-refractivity contribution in [3.8, 4) is 5.75 Å². The molecule has 0 atom stereocenters. The average molecular weight is 451 g/mol. The molecule has 0 radical (unpaired) electrons. The molecular formula is C28H38N2O3. The monoisotopic (exact) mass is 450 g/mol. The highest BCUT2D eigenvalue weighted by molar-refractivity contribution is 5.91. The van der Waals surface area contributed by atoms with E-state index in [2.05, 4.69) is 17.5 Å². The Labute approximate surface area is 198 Å². The van der Waals surface area contributed by atoms with Crippen molar-refractivity contribution in [3.63, 3.8) is 0 Å². The van der Waals surface area contributed by atoms with Crippen LogP contribution in [0.15, 0.2) is 59.7 Å². The van der Waals surface area contributed by atoms with E-state index in [1.807, 2.05) is 6.07 Å². The number of nitrogens with one attached hydrogen (secondary N) is 1. The summed E-state index contributed by atoms with van der Waals surface area (Å²) in [5, 5.41) is 4.02. The minimum Gasteiger partial charge on any atom is -0.423 e. The Morgan fingerprint density at radius 3 is 1.97 bits per heavy atom. The summed E-state index contributed by atoms with van der Waals surface area (Å²) in [6.07, 6.45) is 16.0. The normalized spacial score (nSPS) is 10.9. The molecule has 5 heteroatoms. The van der Waals surface area contributed by atoms with E-state index in [9.17, 15) is 9.59 Å². The van der Waals surface area contributed by atoms with E-state index in [4.69, 9.17) is 4.74 Å². The van der Waals surface area contributed by atoms with Gasteiger partial charge >= 0.3 is 5.97 Å². The Hall–Kier alpha value is -2.95. The van der Waals surface area contributed by atoms with Crippen LogP contribution in [0.4, 0.5) is 0 Å². The van der Waals surface area contributed by atoms with Gasteiger partial charge in [-0.05, 0) is 48.4 Å². The van der Waals surface area contributed by atoms with Gasteiger partial charge in [-0.25, -0.2) is 10.2 Å². The van der Waals surface area contributed by atoms with Crippen molar-refractivity contribution in [1.29, 1.82) is 0 Å². The van der Waals surface area contributed by atoms with E-state index < -0.39 is 5.97 Å². The Kier molecular flexibility index (Phi) is 13.3. The van der Waals surface area contributed by atoms with Gasteiger partial charge in [0.2, 0.25) is 5.91 Å². The molecule has 33 heavy (non-hydrogen) atoms. The summed E-state index contributed by atoms with van der Waals surface area (Å²) >= 11 is 0. The fraction of sp³-hybridized carbons (Fsp3) is 0.464. The fourth-order valence-electron chi connectivity index (χ4n) is 3.55. The van der Waals surface area contributed by atoms with Crippen LogP contribution in [0.2, 0.25) is 0 Å². The minimum absolute atomic E-state index is 0.0596. The van der Waals surface area contributed by atoms with Crippen LogP contribution in [0, 0.1) is 0 Å². The second-order valence-electron chi connectivity index (χ2n) is 8.40. The molecule has 0 aliphatic heterocycles. The van der Waals surface area contributed by atoms with Gasteiger partial charge in [0.05, 0.1) is 11.8 Å². The van der Waals surface area contributed by atoms with Gasteiger partial charge in [-0.1, -0.05) is 89.3 Å². The number of hydrazone groups is 1. The molecule has 0 saturated heterocycles. The summed E-state index contributed by atoms with van der Waals surface area (Å²) in [6, 6.07) is 15.8. The number of rotatable bonds is 16. The number of hydrogen-bond acceptors (Lipinski definition) is 4. The zero-order valence-electron chi connectivity index (χ0n) is 19.9. The molecular weight excluding hydrogens is 412 g/mol. The lowest BCUT2D eigenvalue weighted by molar-refractivity contribution is -0.121. The molecule has 0 saturated carbocycles. The van der Waals surface area contributed by atoms with Crippen molar-refractivity contribution >= 4 is 18.1 Å². The molecule has 5 nitrogen and oxygen atoms in total. The molecule has 1 amide bonds. The number of nitrogens with zero attached hydrogens (tertiary/aromatic N) is 1. The number of carbonyl (C=O) groups excluding carboxylic acids is 2. The van der Waals surface area contributed by atoms with E-state index in [-0.39, 0.29) is 5.91 Å². The van der Waals surface area contributed by atoms with E-state index in [1.54, 1.807) is 54.7 Å². The van der Waals surface area contributed by atoms with Gasteiger partial charge in [0.15, 0.2) is 0 Å². The van der Waals surface area contributed by atoms with E-state index in [0.29, 0.717) is 17.7 Å². The van der Waals surface area contributed by atoms with E-state index in [1.165, 1.54) is 57.8 Å². The van der Waals surface area contributed by atoms with E-state index >= 15 is 0 Å². The first-order chi connectivity index (χ1) is 16.2. The van der Waals surface area contributed by atoms with Gasteiger partial charge in [-0.2, -0.15) is 5.10 Å². The van der Waals surface area contributed by atoms with Crippen LogP contribution in [0.25, 0.3) is 0 Å². The largest absolute Gasteiger partial charge is 0.423 e. The van der Waals surface area contributed by atoms with Gasteiger partial charge in [0.25, 0.3) is 0 Å². The summed E-state index contributed by atoms with van der Waals surface area (Å²) in [6.45, 7) is 2.25.